The highest BCUT2D eigenvalue weighted by atomic mass is 16.5. The minimum atomic E-state index is 0.0470. The Hall–Kier alpha value is -1.46. The number of carbonyl (C=O) groups excluding carboxylic acids is 1. The van der Waals surface area contributed by atoms with E-state index in [1.165, 1.54) is 12.8 Å². The average Bonchev–Trinajstić information content (AvgIpc) is 3.31. The van der Waals surface area contributed by atoms with E-state index in [-0.39, 0.29) is 24.2 Å². The summed E-state index contributed by atoms with van der Waals surface area (Å²) in [5.41, 5.74) is 0.827. The van der Waals surface area contributed by atoms with Crippen LogP contribution in [0.25, 0.3) is 0 Å². The fourth-order valence-corrected chi connectivity index (χ4v) is 3.71. The van der Waals surface area contributed by atoms with Crippen molar-refractivity contribution in [3.63, 3.8) is 0 Å². The van der Waals surface area contributed by atoms with Crippen LogP contribution in [0, 0.1) is 5.92 Å². The van der Waals surface area contributed by atoms with E-state index in [9.17, 15) is 4.79 Å². The molecule has 2 bridgehead atoms. The van der Waals surface area contributed by atoms with Crippen LogP contribution in [-0.2, 0) is 20.7 Å². The van der Waals surface area contributed by atoms with E-state index in [1.807, 2.05) is 23.1 Å². The van der Waals surface area contributed by atoms with Crippen molar-refractivity contribution in [2.24, 2.45) is 5.92 Å². The molecule has 4 rings (SSSR count). The molecule has 1 aliphatic heterocycles. The van der Waals surface area contributed by atoms with E-state index in [1.54, 1.807) is 6.20 Å². The summed E-state index contributed by atoms with van der Waals surface area (Å²) >= 11 is 0. The summed E-state index contributed by atoms with van der Waals surface area (Å²) in [5.74, 6) is 0.871. The van der Waals surface area contributed by atoms with Crippen LogP contribution in [0.15, 0.2) is 24.4 Å². The van der Waals surface area contributed by atoms with Crippen LogP contribution >= 0.6 is 0 Å². The van der Waals surface area contributed by atoms with E-state index in [4.69, 9.17) is 9.47 Å². The predicted molar refractivity (Wildman–Crippen MR) is 84.9 cm³/mol. The van der Waals surface area contributed by atoms with E-state index >= 15 is 0 Å². The van der Waals surface area contributed by atoms with Gasteiger partial charge in [0.25, 0.3) is 0 Å². The summed E-state index contributed by atoms with van der Waals surface area (Å²) in [5, 5.41) is 0. The molecule has 0 radical (unpaired) electrons. The third kappa shape index (κ3) is 3.40. The Labute approximate surface area is 137 Å². The number of amides is 1. The van der Waals surface area contributed by atoms with Crippen molar-refractivity contribution in [3.05, 3.63) is 30.1 Å². The number of ether oxygens (including phenoxy) is 2. The lowest BCUT2D eigenvalue weighted by Crippen LogP contribution is -2.47. The summed E-state index contributed by atoms with van der Waals surface area (Å²) in [4.78, 5) is 19.0. The Bertz CT molecular complexity index is 546. The molecule has 2 saturated carbocycles. The van der Waals surface area contributed by atoms with Gasteiger partial charge in [-0.3, -0.25) is 9.78 Å². The molecule has 0 aromatic carbocycles. The van der Waals surface area contributed by atoms with Crippen LogP contribution in [0.4, 0.5) is 0 Å². The van der Waals surface area contributed by atoms with Crippen molar-refractivity contribution in [1.82, 2.24) is 9.88 Å². The molecule has 2 aliphatic carbocycles. The van der Waals surface area contributed by atoms with Gasteiger partial charge < -0.3 is 14.4 Å². The molecule has 5 heteroatoms. The summed E-state index contributed by atoms with van der Waals surface area (Å²) in [7, 11) is 0. The second-order valence-electron chi connectivity index (χ2n) is 6.88. The lowest BCUT2D eigenvalue weighted by atomic mass is 10.1. The third-order valence-electron chi connectivity index (χ3n) is 5.16. The number of hydrogen-bond donors (Lipinski definition) is 0. The highest BCUT2D eigenvalue weighted by molar-refractivity contribution is 5.78. The molecule has 1 aromatic rings. The van der Waals surface area contributed by atoms with Crippen molar-refractivity contribution in [3.8, 4) is 0 Å². The summed E-state index contributed by atoms with van der Waals surface area (Å²) in [6.45, 7) is 2.10. The molecule has 1 amide bonds. The maximum atomic E-state index is 12.8. The molecule has 3 atom stereocenters. The topological polar surface area (TPSA) is 51.7 Å². The third-order valence-corrected chi connectivity index (χ3v) is 5.16. The molecule has 1 saturated heterocycles. The van der Waals surface area contributed by atoms with Gasteiger partial charge in [0.05, 0.1) is 25.2 Å². The molecule has 124 valence electrons. The van der Waals surface area contributed by atoms with Gasteiger partial charge in [-0.2, -0.15) is 0 Å². The van der Waals surface area contributed by atoms with Crippen molar-refractivity contribution in [1.29, 1.82) is 0 Å². The number of fused-ring (bicyclic) bond motifs is 2. The van der Waals surface area contributed by atoms with Crippen LogP contribution in [0.2, 0.25) is 0 Å². The summed E-state index contributed by atoms with van der Waals surface area (Å²) < 4.78 is 12.1. The second-order valence-corrected chi connectivity index (χ2v) is 6.88. The summed E-state index contributed by atoms with van der Waals surface area (Å²) in [6.07, 6.45) is 6.84. The lowest BCUT2D eigenvalue weighted by molar-refractivity contribution is -0.135. The van der Waals surface area contributed by atoms with Crippen LogP contribution in [0.3, 0.4) is 0 Å². The molecule has 3 aliphatic rings. The molecule has 23 heavy (non-hydrogen) atoms. The van der Waals surface area contributed by atoms with Gasteiger partial charge in [0, 0.05) is 25.0 Å². The molecular weight excluding hydrogens is 292 g/mol. The van der Waals surface area contributed by atoms with Crippen LogP contribution in [0.1, 0.15) is 31.4 Å². The Morgan fingerprint density at radius 1 is 1.30 bits per heavy atom. The van der Waals surface area contributed by atoms with Crippen molar-refractivity contribution < 1.29 is 14.3 Å². The minimum absolute atomic E-state index is 0.0470. The number of hydrogen-bond acceptors (Lipinski definition) is 4. The first-order valence-electron chi connectivity index (χ1n) is 8.74. The average molecular weight is 316 g/mol. The Balaban J connectivity index is 1.44. The minimum Gasteiger partial charge on any atom is -0.374 e. The van der Waals surface area contributed by atoms with E-state index in [0.29, 0.717) is 19.6 Å². The Morgan fingerprint density at radius 2 is 2.22 bits per heavy atom. The highest BCUT2D eigenvalue weighted by Gasteiger charge is 2.45. The van der Waals surface area contributed by atoms with E-state index in [0.717, 1.165) is 31.1 Å². The maximum absolute atomic E-state index is 12.8. The number of rotatable bonds is 5. The van der Waals surface area contributed by atoms with Gasteiger partial charge in [0.1, 0.15) is 6.10 Å². The monoisotopic (exact) mass is 316 g/mol. The second kappa shape index (κ2) is 6.57. The number of carbonyl (C=O) groups is 1. The van der Waals surface area contributed by atoms with E-state index in [2.05, 4.69) is 4.98 Å². The molecule has 0 N–H and O–H groups in total. The fraction of sp³-hybridized carbons (Fsp3) is 0.667. The first-order valence-corrected chi connectivity index (χ1v) is 8.74. The Kier molecular flexibility index (Phi) is 4.31. The summed E-state index contributed by atoms with van der Waals surface area (Å²) in [6, 6.07) is 5.87. The zero-order valence-corrected chi connectivity index (χ0v) is 13.4. The van der Waals surface area contributed by atoms with Crippen LogP contribution in [-0.4, -0.2) is 53.8 Å². The molecule has 1 aromatic heterocycles. The maximum Gasteiger partial charge on any atom is 0.229 e. The standard InChI is InChI=1S/C18H24N2O3/c21-17(11-14-3-1-2-8-19-14)20-9-10-22-16-7-6-15(20)18(16)23-12-13-4-5-13/h1-3,8,13,15-16,18H,4-7,9-12H2. The van der Waals surface area contributed by atoms with E-state index < -0.39 is 0 Å². The van der Waals surface area contributed by atoms with Crippen LogP contribution in [0.5, 0.6) is 0 Å². The number of aromatic nitrogens is 1. The predicted octanol–water partition coefficient (Wildman–Crippen LogP) is 1.81. The molecule has 2 heterocycles. The van der Waals surface area contributed by atoms with Crippen molar-refractivity contribution >= 4 is 5.91 Å². The first kappa shape index (κ1) is 15.1. The van der Waals surface area contributed by atoms with Gasteiger partial charge in [0.2, 0.25) is 5.91 Å². The zero-order valence-electron chi connectivity index (χ0n) is 13.4. The van der Waals surface area contributed by atoms with Gasteiger partial charge in [-0.05, 0) is 43.7 Å². The van der Waals surface area contributed by atoms with Gasteiger partial charge in [-0.25, -0.2) is 0 Å². The quantitative estimate of drug-likeness (QED) is 0.831. The van der Waals surface area contributed by atoms with Gasteiger partial charge in [-0.1, -0.05) is 6.07 Å². The fourth-order valence-electron chi connectivity index (χ4n) is 3.71. The molecule has 5 nitrogen and oxygen atoms in total. The number of pyridine rings is 1. The largest absolute Gasteiger partial charge is 0.374 e. The van der Waals surface area contributed by atoms with Gasteiger partial charge in [0.15, 0.2) is 0 Å². The van der Waals surface area contributed by atoms with Crippen LogP contribution < -0.4 is 0 Å². The molecule has 3 fully saturated rings. The SMILES string of the molecule is O=C(Cc1ccccn1)N1CCOC2CCC1C2OCC1CC1. The molecule has 3 unspecified atom stereocenters. The smallest absolute Gasteiger partial charge is 0.229 e. The molecular formula is C18H24N2O3. The lowest BCUT2D eigenvalue weighted by Gasteiger charge is -2.31. The van der Waals surface area contributed by atoms with Crippen molar-refractivity contribution in [2.75, 3.05) is 19.8 Å². The number of nitrogens with zero attached hydrogens (tertiary/aromatic N) is 2. The van der Waals surface area contributed by atoms with Gasteiger partial charge in [-0.15, -0.1) is 0 Å². The zero-order chi connectivity index (χ0) is 15.6. The molecule has 0 spiro atoms. The highest BCUT2D eigenvalue weighted by Crippen LogP contribution is 2.35. The Morgan fingerprint density at radius 3 is 3.00 bits per heavy atom. The van der Waals surface area contributed by atoms with Gasteiger partial charge >= 0.3 is 0 Å². The first-order chi connectivity index (χ1) is 11.3. The normalized spacial score (nSPS) is 30.3. The van der Waals surface area contributed by atoms with Crippen molar-refractivity contribution in [2.45, 2.75) is 50.4 Å².